The summed E-state index contributed by atoms with van der Waals surface area (Å²) in [5, 5.41) is 10.7. The largest absolute Gasteiger partial charge is 0.388 e. The fourth-order valence-electron chi connectivity index (χ4n) is 1.85. The van der Waals surface area contributed by atoms with Crippen molar-refractivity contribution < 1.29 is 5.11 Å². The van der Waals surface area contributed by atoms with Crippen LogP contribution in [-0.2, 0) is 0 Å². The van der Waals surface area contributed by atoms with Gasteiger partial charge in [0.25, 0.3) is 0 Å². The topological polar surface area (TPSA) is 20.2 Å². The van der Waals surface area contributed by atoms with Crippen LogP contribution in [0.1, 0.15) is 42.1 Å². The van der Waals surface area contributed by atoms with Crippen LogP contribution in [0.25, 0.3) is 0 Å². The fraction of sp³-hybridized carbons (Fsp3) is 0.538. The zero-order chi connectivity index (χ0) is 11.0. The van der Waals surface area contributed by atoms with Crippen LogP contribution >= 0.6 is 11.6 Å². The number of halogens is 1. The minimum Gasteiger partial charge on any atom is -0.388 e. The Balaban J connectivity index is 2.21. The van der Waals surface area contributed by atoms with Gasteiger partial charge in [-0.05, 0) is 48.9 Å². The molecule has 2 rings (SSSR count). The molecule has 1 unspecified atom stereocenters. The summed E-state index contributed by atoms with van der Waals surface area (Å²) in [5.74, 6) is 0.720. The molecule has 0 bridgehead atoms. The second-order valence-corrected chi connectivity index (χ2v) is 5.06. The summed E-state index contributed by atoms with van der Waals surface area (Å²) in [4.78, 5) is 0. The smallest absolute Gasteiger partial charge is 0.0807 e. The maximum absolute atomic E-state index is 10.0. The summed E-state index contributed by atoms with van der Waals surface area (Å²) in [6.45, 7) is 4.09. The molecule has 0 radical (unpaired) electrons. The van der Waals surface area contributed by atoms with Crippen molar-refractivity contribution in [2.45, 2.75) is 39.2 Å². The van der Waals surface area contributed by atoms with Crippen LogP contribution in [0.3, 0.4) is 0 Å². The molecule has 1 N–H and O–H groups in total. The second-order valence-electron chi connectivity index (χ2n) is 4.65. The van der Waals surface area contributed by atoms with E-state index < -0.39 is 0 Å². The van der Waals surface area contributed by atoms with E-state index in [-0.39, 0.29) is 6.10 Å². The predicted molar refractivity (Wildman–Crippen MR) is 63.2 cm³/mol. The van der Waals surface area contributed by atoms with Crippen molar-refractivity contribution in [2.24, 2.45) is 5.92 Å². The molecule has 1 saturated carbocycles. The van der Waals surface area contributed by atoms with Crippen LogP contribution in [0.2, 0.25) is 5.02 Å². The zero-order valence-corrected chi connectivity index (χ0v) is 10.0. The molecule has 0 amide bonds. The lowest BCUT2D eigenvalue weighted by Crippen LogP contribution is -2.00. The summed E-state index contributed by atoms with van der Waals surface area (Å²) >= 11 is 6.14. The Bertz CT molecular complexity index is 369. The van der Waals surface area contributed by atoms with E-state index >= 15 is 0 Å². The van der Waals surface area contributed by atoms with Crippen molar-refractivity contribution >= 4 is 11.6 Å². The Hall–Kier alpha value is -0.530. The van der Waals surface area contributed by atoms with Gasteiger partial charge in [-0.25, -0.2) is 0 Å². The van der Waals surface area contributed by atoms with Crippen molar-refractivity contribution in [1.29, 1.82) is 0 Å². The van der Waals surface area contributed by atoms with Gasteiger partial charge in [0.15, 0.2) is 0 Å². The van der Waals surface area contributed by atoms with E-state index in [0.29, 0.717) is 5.02 Å². The van der Waals surface area contributed by atoms with Gasteiger partial charge in [-0.1, -0.05) is 30.5 Å². The number of aliphatic hydroxyl groups is 1. The van der Waals surface area contributed by atoms with E-state index in [2.05, 4.69) is 6.92 Å². The van der Waals surface area contributed by atoms with Crippen LogP contribution < -0.4 is 0 Å². The molecule has 0 heterocycles. The summed E-state index contributed by atoms with van der Waals surface area (Å²) in [7, 11) is 0. The first-order valence-electron chi connectivity index (χ1n) is 5.52. The minimum absolute atomic E-state index is 0.385. The van der Waals surface area contributed by atoms with Crippen molar-refractivity contribution in [3.05, 3.63) is 33.8 Å². The van der Waals surface area contributed by atoms with Crippen LogP contribution in [-0.4, -0.2) is 5.11 Å². The Labute approximate surface area is 96.1 Å². The molecule has 82 valence electrons. The van der Waals surface area contributed by atoms with E-state index in [1.165, 1.54) is 24.0 Å². The lowest BCUT2D eigenvalue weighted by Gasteiger charge is -2.14. The molecule has 1 aromatic rings. The van der Waals surface area contributed by atoms with Gasteiger partial charge in [0.05, 0.1) is 6.10 Å². The number of aryl methyl sites for hydroxylation is 2. The van der Waals surface area contributed by atoms with E-state index in [1.54, 1.807) is 0 Å². The highest BCUT2D eigenvalue weighted by atomic mass is 35.5. The van der Waals surface area contributed by atoms with Gasteiger partial charge in [0.2, 0.25) is 0 Å². The molecule has 1 aliphatic carbocycles. The Morgan fingerprint density at radius 2 is 1.93 bits per heavy atom. The molecular weight excluding hydrogens is 208 g/mol. The van der Waals surface area contributed by atoms with Gasteiger partial charge in [-0.2, -0.15) is 0 Å². The molecule has 0 spiro atoms. The Morgan fingerprint density at radius 1 is 1.33 bits per heavy atom. The van der Waals surface area contributed by atoms with Gasteiger partial charge >= 0.3 is 0 Å². The molecular formula is C13H17ClO. The SMILES string of the molecule is Cc1cc(Cl)c(C(O)CC2CC2)cc1C. The summed E-state index contributed by atoms with van der Waals surface area (Å²) in [6.07, 6.45) is 3.01. The van der Waals surface area contributed by atoms with Crippen LogP contribution in [0.5, 0.6) is 0 Å². The first-order chi connectivity index (χ1) is 7.08. The van der Waals surface area contributed by atoms with E-state index in [9.17, 15) is 5.11 Å². The monoisotopic (exact) mass is 224 g/mol. The normalized spacial score (nSPS) is 17.9. The molecule has 1 fully saturated rings. The lowest BCUT2D eigenvalue weighted by molar-refractivity contribution is 0.160. The average molecular weight is 225 g/mol. The number of hydrogen-bond acceptors (Lipinski definition) is 1. The van der Waals surface area contributed by atoms with Gasteiger partial charge in [-0.3, -0.25) is 0 Å². The van der Waals surface area contributed by atoms with Gasteiger partial charge in [0.1, 0.15) is 0 Å². The van der Waals surface area contributed by atoms with Crippen LogP contribution in [0.15, 0.2) is 12.1 Å². The maximum Gasteiger partial charge on any atom is 0.0807 e. The first kappa shape index (κ1) is 11.0. The minimum atomic E-state index is -0.385. The molecule has 0 aromatic heterocycles. The van der Waals surface area contributed by atoms with E-state index in [0.717, 1.165) is 17.9 Å². The molecule has 15 heavy (non-hydrogen) atoms. The van der Waals surface area contributed by atoms with Gasteiger partial charge in [0, 0.05) is 5.02 Å². The van der Waals surface area contributed by atoms with Gasteiger partial charge in [-0.15, -0.1) is 0 Å². The quantitative estimate of drug-likeness (QED) is 0.828. The average Bonchev–Trinajstić information content (AvgIpc) is 2.95. The van der Waals surface area contributed by atoms with Crippen molar-refractivity contribution in [3.8, 4) is 0 Å². The Morgan fingerprint density at radius 3 is 2.53 bits per heavy atom. The third-order valence-electron chi connectivity index (χ3n) is 3.23. The number of aliphatic hydroxyl groups excluding tert-OH is 1. The summed E-state index contributed by atoms with van der Waals surface area (Å²) in [5.41, 5.74) is 3.28. The van der Waals surface area contributed by atoms with Gasteiger partial charge < -0.3 is 5.11 Å². The fourth-order valence-corrected chi connectivity index (χ4v) is 2.20. The number of hydrogen-bond donors (Lipinski definition) is 1. The van der Waals surface area contributed by atoms with Crippen molar-refractivity contribution in [1.82, 2.24) is 0 Å². The highest BCUT2D eigenvalue weighted by Gasteiger charge is 2.26. The Kier molecular flexibility index (Phi) is 3.03. The zero-order valence-electron chi connectivity index (χ0n) is 9.26. The summed E-state index contributed by atoms with van der Waals surface area (Å²) in [6, 6.07) is 3.97. The molecule has 1 aromatic carbocycles. The maximum atomic E-state index is 10.0. The lowest BCUT2D eigenvalue weighted by atomic mass is 9.99. The van der Waals surface area contributed by atoms with Crippen molar-refractivity contribution in [3.63, 3.8) is 0 Å². The molecule has 0 saturated heterocycles. The highest BCUT2D eigenvalue weighted by molar-refractivity contribution is 6.31. The second kappa shape index (κ2) is 4.15. The molecule has 2 heteroatoms. The molecule has 0 aliphatic heterocycles. The predicted octanol–water partition coefficient (Wildman–Crippen LogP) is 3.79. The third kappa shape index (κ3) is 2.53. The van der Waals surface area contributed by atoms with E-state index in [4.69, 9.17) is 11.6 Å². The van der Waals surface area contributed by atoms with Crippen LogP contribution in [0, 0.1) is 19.8 Å². The molecule has 1 nitrogen and oxygen atoms in total. The van der Waals surface area contributed by atoms with Crippen LogP contribution in [0.4, 0.5) is 0 Å². The first-order valence-corrected chi connectivity index (χ1v) is 5.90. The number of benzene rings is 1. The summed E-state index contributed by atoms with van der Waals surface area (Å²) < 4.78 is 0. The van der Waals surface area contributed by atoms with Crippen molar-refractivity contribution in [2.75, 3.05) is 0 Å². The number of rotatable bonds is 3. The third-order valence-corrected chi connectivity index (χ3v) is 3.55. The highest BCUT2D eigenvalue weighted by Crippen LogP contribution is 2.39. The van der Waals surface area contributed by atoms with E-state index in [1.807, 2.05) is 19.1 Å². The molecule has 1 aliphatic rings. The standard InChI is InChI=1S/C13H17ClO/c1-8-5-11(12(14)6-9(8)2)13(15)7-10-3-4-10/h5-6,10,13,15H,3-4,7H2,1-2H3. The molecule has 1 atom stereocenters.